The van der Waals surface area contributed by atoms with E-state index in [2.05, 4.69) is 10.5 Å². The zero-order valence-corrected chi connectivity index (χ0v) is 15.0. The van der Waals surface area contributed by atoms with E-state index in [-0.39, 0.29) is 5.91 Å². The molecule has 1 amide bonds. The van der Waals surface area contributed by atoms with E-state index in [1.165, 1.54) is 6.21 Å². The van der Waals surface area contributed by atoms with Gasteiger partial charge in [-0.05, 0) is 36.3 Å². The summed E-state index contributed by atoms with van der Waals surface area (Å²) < 4.78 is 5.51. The third-order valence-corrected chi connectivity index (χ3v) is 3.67. The second-order valence-electron chi connectivity index (χ2n) is 5.11. The van der Waals surface area contributed by atoms with Gasteiger partial charge in [-0.1, -0.05) is 59.6 Å². The molecule has 0 aliphatic heterocycles. The molecule has 0 bridgehead atoms. The zero-order chi connectivity index (χ0) is 17.9. The smallest absolute Gasteiger partial charge is 0.240 e. The number of carbonyl (C=O) groups is 1. The van der Waals surface area contributed by atoms with Gasteiger partial charge in [0, 0.05) is 17.7 Å². The number of amides is 1. The Labute approximate surface area is 157 Å². The van der Waals surface area contributed by atoms with Crippen molar-refractivity contribution in [2.45, 2.75) is 12.8 Å². The first-order valence-electron chi connectivity index (χ1n) is 7.76. The average molecular weight is 377 g/mol. The third kappa shape index (κ3) is 7.42. The van der Waals surface area contributed by atoms with Gasteiger partial charge in [0.1, 0.15) is 5.75 Å². The number of hydrogen-bond donors (Lipinski definition) is 1. The number of nitrogens with one attached hydrogen (secondary N) is 1. The van der Waals surface area contributed by atoms with Crippen molar-refractivity contribution >= 4 is 41.4 Å². The van der Waals surface area contributed by atoms with Crippen LogP contribution >= 0.6 is 23.2 Å². The first-order valence-corrected chi connectivity index (χ1v) is 8.52. The van der Waals surface area contributed by atoms with Crippen molar-refractivity contribution < 1.29 is 9.53 Å². The van der Waals surface area contributed by atoms with Gasteiger partial charge in [-0.3, -0.25) is 4.79 Å². The van der Waals surface area contributed by atoms with Crippen molar-refractivity contribution in [3.8, 4) is 5.75 Å². The number of allylic oxidation sites excluding steroid dienone is 1. The maximum absolute atomic E-state index is 11.7. The van der Waals surface area contributed by atoms with Crippen LogP contribution in [-0.2, 0) is 4.79 Å². The van der Waals surface area contributed by atoms with Crippen LogP contribution in [0.3, 0.4) is 0 Å². The van der Waals surface area contributed by atoms with E-state index in [0.717, 1.165) is 5.56 Å². The number of halogens is 2. The Morgan fingerprint density at radius 1 is 1.16 bits per heavy atom. The predicted molar refractivity (Wildman–Crippen MR) is 103 cm³/mol. The lowest BCUT2D eigenvalue weighted by atomic mass is 10.2. The van der Waals surface area contributed by atoms with Gasteiger partial charge in [-0.25, -0.2) is 5.43 Å². The molecule has 0 aliphatic rings. The van der Waals surface area contributed by atoms with Crippen LogP contribution in [0, 0.1) is 0 Å². The maximum atomic E-state index is 11.7. The molecule has 1 N–H and O–H groups in total. The van der Waals surface area contributed by atoms with E-state index in [1.54, 1.807) is 24.3 Å². The number of hydrazone groups is 1. The Bertz CT molecular complexity index is 746. The van der Waals surface area contributed by atoms with Crippen LogP contribution < -0.4 is 10.2 Å². The van der Waals surface area contributed by atoms with Crippen molar-refractivity contribution in [2.75, 3.05) is 6.61 Å². The summed E-state index contributed by atoms with van der Waals surface area (Å²) in [5, 5.41) is 4.86. The molecule has 0 fully saturated rings. The van der Waals surface area contributed by atoms with E-state index >= 15 is 0 Å². The van der Waals surface area contributed by atoms with Crippen LogP contribution in [0.4, 0.5) is 0 Å². The zero-order valence-electron chi connectivity index (χ0n) is 13.5. The van der Waals surface area contributed by atoms with E-state index in [4.69, 9.17) is 27.9 Å². The molecule has 0 atom stereocenters. The van der Waals surface area contributed by atoms with Crippen LogP contribution in [0.25, 0.3) is 6.08 Å². The normalized spacial score (nSPS) is 11.1. The molecule has 0 saturated heterocycles. The van der Waals surface area contributed by atoms with E-state index in [1.807, 2.05) is 36.4 Å². The summed E-state index contributed by atoms with van der Waals surface area (Å²) in [4.78, 5) is 11.7. The molecule has 0 heterocycles. The minimum absolute atomic E-state index is 0.171. The number of rotatable bonds is 8. The van der Waals surface area contributed by atoms with Gasteiger partial charge in [-0.2, -0.15) is 5.10 Å². The van der Waals surface area contributed by atoms with Crippen LogP contribution in [0.15, 0.2) is 59.7 Å². The van der Waals surface area contributed by atoms with E-state index in [9.17, 15) is 4.79 Å². The summed E-state index contributed by atoms with van der Waals surface area (Å²) in [6.45, 7) is 0.381. The summed E-state index contributed by atoms with van der Waals surface area (Å²) >= 11 is 11.8. The molecule has 0 radical (unpaired) electrons. The molecule has 4 nitrogen and oxygen atoms in total. The highest BCUT2D eigenvalue weighted by Gasteiger charge is 2.03. The SMILES string of the molecule is O=C(CCCOc1ccc(Cl)cc1Cl)N/N=C/C=C/c1ccccc1. The summed E-state index contributed by atoms with van der Waals surface area (Å²) in [6, 6.07) is 14.8. The summed E-state index contributed by atoms with van der Waals surface area (Å²) in [5.41, 5.74) is 3.53. The fourth-order valence-electron chi connectivity index (χ4n) is 1.93. The van der Waals surface area contributed by atoms with E-state index in [0.29, 0.717) is 35.2 Å². The van der Waals surface area contributed by atoms with Crippen molar-refractivity contribution in [1.29, 1.82) is 0 Å². The van der Waals surface area contributed by atoms with Crippen molar-refractivity contribution in [1.82, 2.24) is 5.43 Å². The lowest BCUT2D eigenvalue weighted by Gasteiger charge is -2.07. The van der Waals surface area contributed by atoms with Gasteiger partial charge < -0.3 is 4.74 Å². The summed E-state index contributed by atoms with van der Waals surface area (Å²) in [5.74, 6) is 0.380. The molecule has 2 aromatic rings. The predicted octanol–water partition coefficient (Wildman–Crippen LogP) is 4.97. The lowest BCUT2D eigenvalue weighted by molar-refractivity contribution is -0.121. The molecular weight excluding hydrogens is 359 g/mol. The van der Waals surface area contributed by atoms with Crippen LogP contribution in [0.2, 0.25) is 10.0 Å². The molecule has 25 heavy (non-hydrogen) atoms. The molecule has 0 aromatic heterocycles. The van der Waals surface area contributed by atoms with Crippen LogP contribution in [-0.4, -0.2) is 18.7 Å². The first kappa shape index (κ1) is 19.0. The largest absolute Gasteiger partial charge is 0.492 e. The van der Waals surface area contributed by atoms with Crippen molar-refractivity contribution in [3.63, 3.8) is 0 Å². The van der Waals surface area contributed by atoms with Crippen molar-refractivity contribution in [2.24, 2.45) is 5.10 Å². The van der Waals surface area contributed by atoms with Gasteiger partial charge in [0.05, 0.1) is 11.6 Å². The highest BCUT2D eigenvalue weighted by atomic mass is 35.5. The Morgan fingerprint density at radius 3 is 2.72 bits per heavy atom. The summed E-state index contributed by atoms with van der Waals surface area (Å²) in [6.07, 6.45) is 6.07. The molecule has 6 heteroatoms. The quantitative estimate of drug-likeness (QED) is 0.401. The molecule has 2 rings (SSSR count). The number of hydrogen-bond acceptors (Lipinski definition) is 3. The summed E-state index contributed by atoms with van der Waals surface area (Å²) in [7, 11) is 0. The number of ether oxygens (including phenoxy) is 1. The van der Waals surface area contributed by atoms with Crippen molar-refractivity contribution in [3.05, 3.63) is 70.2 Å². The highest BCUT2D eigenvalue weighted by molar-refractivity contribution is 6.35. The highest BCUT2D eigenvalue weighted by Crippen LogP contribution is 2.27. The second-order valence-corrected chi connectivity index (χ2v) is 5.95. The standard InChI is InChI=1S/C19H18Cl2N2O2/c20-16-10-11-18(17(21)14-16)25-13-5-9-19(24)23-22-12-4-8-15-6-2-1-3-7-15/h1-4,6-8,10-12,14H,5,9,13H2,(H,23,24)/b8-4+,22-12+. The molecule has 130 valence electrons. The Hall–Kier alpha value is -2.30. The Morgan fingerprint density at radius 2 is 1.96 bits per heavy atom. The maximum Gasteiger partial charge on any atom is 0.240 e. The van der Waals surface area contributed by atoms with Gasteiger partial charge in [-0.15, -0.1) is 0 Å². The van der Waals surface area contributed by atoms with Crippen LogP contribution in [0.1, 0.15) is 18.4 Å². The average Bonchev–Trinajstić information content (AvgIpc) is 2.61. The third-order valence-electron chi connectivity index (χ3n) is 3.14. The first-order chi connectivity index (χ1) is 12.1. The van der Waals surface area contributed by atoms with Gasteiger partial charge in [0.2, 0.25) is 5.91 Å². The molecule has 0 saturated carbocycles. The molecule has 0 unspecified atom stereocenters. The number of carbonyl (C=O) groups excluding carboxylic acids is 1. The second kappa shape index (κ2) is 10.5. The minimum Gasteiger partial charge on any atom is -0.492 e. The minimum atomic E-state index is -0.171. The van der Waals surface area contributed by atoms with Crippen LogP contribution in [0.5, 0.6) is 5.75 Å². The fraction of sp³-hybridized carbons (Fsp3) is 0.158. The molecular formula is C19H18Cl2N2O2. The van der Waals surface area contributed by atoms with Gasteiger partial charge in [0.15, 0.2) is 0 Å². The molecule has 0 aliphatic carbocycles. The van der Waals surface area contributed by atoms with E-state index < -0.39 is 0 Å². The monoisotopic (exact) mass is 376 g/mol. The molecule has 2 aromatic carbocycles. The Balaban J connectivity index is 1.62. The molecule has 0 spiro atoms. The van der Waals surface area contributed by atoms with Gasteiger partial charge in [0.25, 0.3) is 0 Å². The fourth-order valence-corrected chi connectivity index (χ4v) is 2.40. The lowest BCUT2D eigenvalue weighted by Crippen LogP contribution is -2.17. The number of nitrogens with zero attached hydrogens (tertiary/aromatic N) is 1. The number of benzene rings is 2. The Kier molecular flexibility index (Phi) is 8.02. The van der Waals surface area contributed by atoms with Gasteiger partial charge >= 0.3 is 0 Å². The topological polar surface area (TPSA) is 50.7 Å².